The number of hydrogen-bond acceptors (Lipinski definition) is 2. The summed E-state index contributed by atoms with van der Waals surface area (Å²) in [6.07, 6.45) is -5.44. The normalized spacial score (nSPS) is 12.0. The van der Waals surface area contributed by atoms with Crippen LogP contribution in [-0.2, 0) is 4.79 Å². The fourth-order valence-electron chi connectivity index (χ4n) is 1.52. The van der Waals surface area contributed by atoms with Crippen LogP contribution < -0.4 is 16.0 Å². The van der Waals surface area contributed by atoms with E-state index in [1.807, 2.05) is 5.32 Å². The molecule has 0 heterocycles. The van der Waals surface area contributed by atoms with Gasteiger partial charge in [0.25, 0.3) is 0 Å². The molecule has 5 nitrogen and oxygen atoms in total. The number of anilines is 1. The molecule has 1 aromatic carbocycles. The molecule has 24 heavy (non-hydrogen) atoms. The van der Waals surface area contributed by atoms with Crippen LogP contribution >= 0.6 is 0 Å². The highest BCUT2D eigenvalue weighted by atomic mass is 19.4. The number of halogens is 6. The van der Waals surface area contributed by atoms with Crippen LogP contribution in [0.2, 0.25) is 0 Å². The van der Waals surface area contributed by atoms with Crippen molar-refractivity contribution in [2.45, 2.75) is 12.6 Å². The quantitative estimate of drug-likeness (QED) is 0.328. The molecule has 3 N–H and O–H groups in total. The molecule has 0 aliphatic carbocycles. The average Bonchev–Trinajstić information content (AvgIpc) is 2.50. The SMILES string of the molecule is CN=C(NCCC(F)(F)F)NCC(=O)Nc1ccc(F)c(F)c1F. The van der Waals surface area contributed by atoms with E-state index in [1.165, 1.54) is 7.05 Å². The summed E-state index contributed by atoms with van der Waals surface area (Å²) in [4.78, 5) is 15.2. The molecule has 0 aliphatic rings. The Hall–Kier alpha value is -2.46. The Morgan fingerprint density at radius 3 is 2.38 bits per heavy atom. The molecule has 11 heteroatoms. The standard InChI is InChI=1S/C13H14F6N4O/c1-20-12(21-5-4-13(17,18)19)22-6-9(24)23-8-3-2-7(14)10(15)11(8)16/h2-3H,4-6H2,1H3,(H,23,24)(H2,20,21,22). The largest absolute Gasteiger partial charge is 0.390 e. The molecule has 134 valence electrons. The van der Waals surface area contributed by atoms with E-state index in [4.69, 9.17) is 0 Å². The number of carbonyl (C=O) groups is 1. The maximum Gasteiger partial charge on any atom is 0.390 e. The smallest absolute Gasteiger partial charge is 0.356 e. The minimum absolute atomic E-state index is 0.0832. The van der Waals surface area contributed by atoms with Gasteiger partial charge in [-0.05, 0) is 12.1 Å². The van der Waals surface area contributed by atoms with Gasteiger partial charge in [-0.15, -0.1) is 0 Å². The van der Waals surface area contributed by atoms with Crippen molar-refractivity contribution in [2.24, 2.45) is 4.99 Å². The monoisotopic (exact) mass is 356 g/mol. The van der Waals surface area contributed by atoms with E-state index in [1.54, 1.807) is 0 Å². The van der Waals surface area contributed by atoms with E-state index in [0.717, 1.165) is 6.07 Å². The zero-order chi connectivity index (χ0) is 18.3. The van der Waals surface area contributed by atoms with Gasteiger partial charge in [-0.2, -0.15) is 13.2 Å². The predicted molar refractivity (Wildman–Crippen MR) is 75.0 cm³/mol. The first-order valence-electron chi connectivity index (χ1n) is 6.58. The lowest BCUT2D eigenvalue weighted by Gasteiger charge is -2.13. The first-order chi connectivity index (χ1) is 11.1. The number of nitrogens with zero attached hydrogens (tertiary/aromatic N) is 1. The second-order valence-corrected chi connectivity index (χ2v) is 4.49. The fourth-order valence-corrected chi connectivity index (χ4v) is 1.52. The van der Waals surface area contributed by atoms with Gasteiger partial charge < -0.3 is 16.0 Å². The number of guanidine groups is 1. The Kier molecular flexibility index (Phi) is 6.86. The van der Waals surface area contributed by atoms with Crippen LogP contribution in [0.4, 0.5) is 32.0 Å². The molecule has 0 aliphatic heterocycles. The molecule has 1 aromatic rings. The first kappa shape index (κ1) is 19.6. The van der Waals surface area contributed by atoms with Crippen molar-refractivity contribution in [2.75, 3.05) is 25.5 Å². The summed E-state index contributed by atoms with van der Waals surface area (Å²) in [5, 5.41) is 6.71. The molecule has 0 unspecified atom stereocenters. The molecule has 0 atom stereocenters. The second-order valence-electron chi connectivity index (χ2n) is 4.49. The van der Waals surface area contributed by atoms with Gasteiger partial charge in [-0.3, -0.25) is 9.79 Å². The molecule has 1 amide bonds. The van der Waals surface area contributed by atoms with E-state index < -0.39 is 54.7 Å². The van der Waals surface area contributed by atoms with Crippen LogP contribution in [0, 0.1) is 17.5 Å². The summed E-state index contributed by atoms with van der Waals surface area (Å²) >= 11 is 0. The van der Waals surface area contributed by atoms with Gasteiger partial charge >= 0.3 is 6.18 Å². The van der Waals surface area contributed by atoms with E-state index in [9.17, 15) is 31.1 Å². The van der Waals surface area contributed by atoms with Crippen molar-refractivity contribution < 1.29 is 31.1 Å². The van der Waals surface area contributed by atoms with Crippen LogP contribution in [0.1, 0.15) is 6.42 Å². The predicted octanol–water partition coefficient (Wildman–Crippen LogP) is 2.16. The van der Waals surface area contributed by atoms with E-state index in [2.05, 4.69) is 15.6 Å². The zero-order valence-corrected chi connectivity index (χ0v) is 12.4. The maximum absolute atomic E-state index is 13.4. The van der Waals surface area contributed by atoms with Crippen molar-refractivity contribution in [1.82, 2.24) is 10.6 Å². The Morgan fingerprint density at radius 1 is 1.12 bits per heavy atom. The van der Waals surface area contributed by atoms with Gasteiger partial charge in [0.2, 0.25) is 5.91 Å². The van der Waals surface area contributed by atoms with Gasteiger partial charge in [-0.25, -0.2) is 13.2 Å². The van der Waals surface area contributed by atoms with Gasteiger partial charge in [-0.1, -0.05) is 0 Å². The third-order valence-corrected chi connectivity index (χ3v) is 2.65. The summed E-state index contributed by atoms with van der Waals surface area (Å²) in [7, 11) is 1.27. The second kappa shape index (κ2) is 8.41. The van der Waals surface area contributed by atoms with Crippen LogP contribution in [0.15, 0.2) is 17.1 Å². The Balaban J connectivity index is 2.49. The molecule has 0 aromatic heterocycles. The highest BCUT2D eigenvalue weighted by Gasteiger charge is 2.26. The van der Waals surface area contributed by atoms with Gasteiger partial charge in [0.15, 0.2) is 23.4 Å². The maximum atomic E-state index is 13.4. The van der Waals surface area contributed by atoms with E-state index >= 15 is 0 Å². The number of carbonyl (C=O) groups excluding carboxylic acids is 1. The summed E-state index contributed by atoms with van der Waals surface area (Å²) in [5.74, 6) is -5.61. The van der Waals surface area contributed by atoms with Crippen LogP contribution in [0.3, 0.4) is 0 Å². The minimum Gasteiger partial charge on any atom is -0.356 e. The number of benzene rings is 1. The summed E-state index contributed by atoms with van der Waals surface area (Å²) in [6, 6.07) is 1.47. The number of amides is 1. The first-order valence-corrected chi connectivity index (χ1v) is 6.58. The molecular formula is C13H14F6N4O. The van der Waals surface area contributed by atoms with Crippen LogP contribution in [0.25, 0.3) is 0 Å². The van der Waals surface area contributed by atoms with Crippen molar-refractivity contribution in [3.8, 4) is 0 Å². The molecule has 0 fully saturated rings. The molecule has 1 rings (SSSR count). The van der Waals surface area contributed by atoms with Gasteiger partial charge in [0.05, 0.1) is 18.7 Å². The number of aliphatic imine (C=N–C) groups is 1. The zero-order valence-electron chi connectivity index (χ0n) is 12.4. The lowest BCUT2D eigenvalue weighted by molar-refractivity contribution is -0.132. The highest BCUT2D eigenvalue weighted by Crippen LogP contribution is 2.19. The van der Waals surface area contributed by atoms with Crippen LogP contribution in [0.5, 0.6) is 0 Å². The lowest BCUT2D eigenvalue weighted by Crippen LogP contribution is -2.42. The van der Waals surface area contributed by atoms with E-state index in [0.29, 0.717) is 6.07 Å². The third kappa shape index (κ3) is 6.34. The highest BCUT2D eigenvalue weighted by molar-refractivity contribution is 5.95. The fraction of sp³-hybridized carbons (Fsp3) is 0.385. The van der Waals surface area contributed by atoms with Crippen molar-refractivity contribution in [1.29, 1.82) is 0 Å². The summed E-state index contributed by atoms with van der Waals surface area (Å²) in [6.45, 7) is -0.938. The number of nitrogens with one attached hydrogen (secondary N) is 3. The van der Waals surface area contributed by atoms with E-state index in [-0.39, 0.29) is 5.96 Å². The van der Waals surface area contributed by atoms with Gasteiger partial charge in [0, 0.05) is 13.6 Å². The van der Waals surface area contributed by atoms with Crippen molar-refractivity contribution in [3.05, 3.63) is 29.6 Å². The topological polar surface area (TPSA) is 65.5 Å². The lowest BCUT2D eigenvalue weighted by atomic mass is 10.2. The molecule has 0 spiro atoms. The number of rotatable bonds is 5. The minimum atomic E-state index is -4.34. The average molecular weight is 356 g/mol. The molecule has 0 bridgehead atoms. The Morgan fingerprint density at radius 2 is 1.79 bits per heavy atom. The molecular weight excluding hydrogens is 342 g/mol. The molecule has 0 saturated heterocycles. The Labute approximate surface area is 133 Å². The summed E-state index contributed by atoms with van der Waals surface area (Å²) in [5.41, 5.74) is -0.569. The molecule has 0 radical (unpaired) electrons. The summed E-state index contributed by atoms with van der Waals surface area (Å²) < 4.78 is 75.2. The van der Waals surface area contributed by atoms with Crippen molar-refractivity contribution >= 4 is 17.6 Å². The van der Waals surface area contributed by atoms with Crippen molar-refractivity contribution in [3.63, 3.8) is 0 Å². The van der Waals surface area contributed by atoms with Gasteiger partial charge in [0.1, 0.15) is 0 Å². The van der Waals surface area contributed by atoms with Crippen LogP contribution in [-0.4, -0.2) is 38.2 Å². The molecule has 0 saturated carbocycles. The number of alkyl halides is 3. The third-order valence-electron chi connectivity index (χ3n) is 2.65. The number of hydrogen-bond donors (Lipinski definition) is 3. The Bertz CT molecular complexity index is 617.